The quantitative estimate of drug-likeness (QED) is 0.735. The van der Waals surface area contributed by atoms with Crippen molar-refractivity contribution < 1.29 is 45.3 Å². The number of carbonyl (C=O) groups excluding carboxylic acids is 3. The molecule has 0 unspecified atom stereocenters. The van der Waals surface area contributed by atoms with E-state index in [1.54, 1.807) is 20.8 Å². The molecule has 0 saturated heterocycles. The third-order valence-electron chi connectivity index (χ3n) is 1.95. The summed E-state index contributed by atoms with van der Waals surface area (Å²) >= 11 is 0. The van der Waals surface area contributed by atoms with Crippen molar-refractivity contribution in [3.8, 4) is 0 Å². The van der Waals surface area contributed by atoms with Crippen molar-refractivity contribution in [3.05, 3.63) is 0 Å². The second-order valence-corrected chi connectivity index (χ2v) is 4.56. The molecule has 0 saturated carbocycles. The average Bonchev–Trinajstić information content (AvgIpc) is 1.96. The van der Waals surface area contributed by atoms with E-state index in [4.69, 9.17) is 4.74 Å². The second-order valence-electron chi connectivity index (χ2n) is 4.56. The molecule has 0 amide bonds. The number of carbonyl (C=O) groups is 3. The van der Waals surface area contributed by atoms with Gasteiger partial charge in [-0.05, 0) is 41.5 Å². The predicted octanol–water partition coefficient (Wildman–Crippen LogP) is 1.30. The number of Topliss-reactive ketones (excluding diaryl/α,β-unsaturated/α-hetero) is 3. The van der Waals surface area contributed by atoms with E-state index >= 15 is 0 Å². The normalized spacial score (nSPS) is 11.6. The van der Waals surface area contributed by atoms with Gasteiger partial charge in [-0.2, -0.15) is 0 Å². The van der Waals surface area contributed by atoms with Crippen molar-refractivity contribution in [2.24, 2.45) is 0 Å². The van der Waals surface area contributed by atoms with Crippen molar-refractivity contribution in [1.82, 2.24) is 0 Å². The van der Waals surface area contributed by atoms with Crippen molar-refractivity contribution in [2.75, 3.05) is 0 Å². The molecule has 0 radical (unpaired) electrons. The molecule has 4 nitrogen and oxygen atoms in total. The van der Waals surface area contributed by atoms with Crippen LogP contribution in [0.25, 0.3) is 0 Å². The smallest absolute Gasteiger partial charge is 0.242 e. The fraction of sp³-hybridized carbons (Fsp3) is 0.727. The molecule has 0 N–H and O–H groups in total. The Kier molecular flexibility index (Phi) is 6.80. The van der Waals surface area contributed by atoms with Crippen LogP contribution in [-0.2, 0) is 45.3 Å². The average molecular weight is 305 g/mol. The molecule has 0 aliphatic heterocycles. The molecule has 0 bridgehead atoms. The Hall–Kier alpha value is -0.147. The van der Waals surface area contributed by atoms with Crippen LogP contribution in [0.5, 0.6) is 0 Å². The Morgan fingerprint density at radius 2 is 1.06 bits per heavy atom. The standard InChI is InChI=1S/C11H18O4.Zr/c1-7(12)11(8(2)13,9(3)14)15-10(4,5)6;/h1-6H3;. The van der Waals surface area contributed by atoms with Crippen LogP contribution in [0.1, 0.15) is 41.5 Å². The number of hydrogen-bond donors (Lipinski definition) is 0. The first-order chi connectivity index (χ1) is 6.54. The van der Waals surface area contributed by atoms with E-state index in [9.17, 15) is 14.4 Å². The topological polar surface area (TPSA) is 60.4 Å². The molecule has 0 fully saturated rings. The van der Waals surface area contributed by atoms with Crippen molar-refractivity contribution in [3.63, 3.8) is 0 Å². The minimum absolute atomic E-state index is 0. The molecule has 0 heterocycles. The zero-order chi connectivity index (χ0) is 12.4. The largest absolute Gasteiger partial charge is 0.347 e. The fourth-order valence-corrected chi connectivity index (χ4v) is 1.42. The van der Waals surface area contributed by atoms with Gasteiger partial charge in [0.1, 0.15) is 0 Å². The number of ether oxygens (including phenoxy) is 1. The summed E-state index contributed by atoms with van der Waals surface area (Å²) < 4.78 is 5.36. The summed E-state index contributed by atoms with van der Waals surface area (Å²) in [5.41, 5.74) is -2.67. The first-order valence-electron chi connectivity index (χ1n) is 4.77. The third kappa shape index (κ3) is 4.02. The van der Waals surface area contributed by atoms with E-state index < -0.39 is 28.6 Å². The Labute approximate surface area is 115 Å². The number of ketones is 3. The summed E-state index contributed by atoms with van der Waals surface area (Å²) in [6.07, 6.45) is 0. The molecule has 0 aromatic rings. The minimum atomic E-state index is -1.93. The Morgan fingerprint density at radius 3 is 1.12 bits per heavy atom. The molecule has 0 rings (SSSR count). The number of hydrogen-bond acceptors (Lipinski definition) is 4. The molecule has 0 aliphatic rings. The van der Waals surface area contributed by atoms with Gasteiger partial charge < -0.3 is 4.74 Å². The van der Waals surface area contributed by atoms with Gasteiger partial charge in [-0.25, -0.2) is 0 Å². The van der Waals surface area contributed by atoms with E-state index in [2.05, 4.69) is 0 Å². The molecule has 16 heavy (non-hydrogen) atoms. The summed E-state index contributed by atoms with van der Waals surface area (Å²) in [6.45, 7) is 8.64. The van der Waals surface area contributed by atoms with Crippen LogP contribution in [0.3, 0.4) is 0 Å². The molecule has 5 heteroatoms. The van der Waals surface area contributed by atoms with Crippen LogP contribution in [0.2, 0.25) is 0 Å². The van der Waals surface area contributed by atoms with Gasteiger partial charge in [-0.3, -0.25) is 14.4 Å². The molecule has 0 aromatic carbocycles. The zero-order valence-corrected chi connectivity index (χ0v) is 13.1. The number of rotatable bonds is 4. The van der Waals surface area contributed by atoms with Crippen molar-refractivity contribution >= 4 is 17.3 Å². The molecule has 0 spiro atoms. The molecule has 0 aliphatic carbocycles. The SMILES string of the molecule is CC(=O)C(OC(C)(C)C)(C(C)=O)C(C)=O.[Zr]. The zero-order valence-electron chi connectivity index (χ0n) is 10.6. The first-order valence-corrected chi connectivity index (χ1v) is 4.77. The van der Waals surface area contributed by atoms with Crippen molar-refractivity contribution in [1.29, 1.82) is 0 Å². The summed E-state index contributed by atoms with van der Waals surface area (Å²) in [6, 6.07) is 0. The first kappa shape index (κ1) is 18.2. The van der Waals surface area contributed by atoms with Crippen LogP contribution in [-0.4, -0.2) is 28.6 Å². The summed E-state index contributed by atoms with van der Waals surface area (Å²) in [4.78, 5) is 34.4. The maximum Gasteiger partial charge on any atom is 0.242 e. The maximum absolute atomic E-state index is 11.5. The van der Waals surface area contributed by atoms with E-state index in [1.807, 2.05) is 0 Å². The summed E-state index contributed by atoms with van der Waals surface area (Å²) in [5, 5.41) is 0. The van der Waals surface area contributed by atoms with Gasteiger partial charge in [0.15, 0.2) is 17.3 Å². The Balaban J connectivity index is 0. The van der Waals surface area contributed by atoms with E-state index in [-0.39, 0.29) is 26.2 Å². The van der Waals surface area contributed by atoms with Crippen LogP contribution in [0.4, 0.5) is 0 Å². The van der Waals surface area contributed by atoms with Crippen LogP contribution < -0.4 is 0 Å². The van der Waals surface area contributed by atoms with E-state index in [1.165, 1.54) is 20.8 Å². The van der Waals surface area contributed by atoms with Crippen LogP contribution in [0.15, 0.2) is 0 Å². The van der Waals surface area contributed by atoms with Gasteiger partial charge in [0.25, 0.3) is 0 Å². The predicted molar refractivity (Wildman–Crippen MR) is 55.6 cm³/mol. The van der Waals surface area contributed by atoms with Gasteiger partial charge in [0.2, 0.25) is 5.60 Å². The maximum atomic E-state index is 11.5. The Morgan fingerprint density at radius 1 is 0.812 bits per heavy atom. The fourth-order valence-electron chi connectivity index (χ4n) is 1.42. The van der Waals surface area contributed by atoms with Crippen molar-refractivity contribution in [2.45, 2.75) is 52.7 Å². The van der Waals surface area contributed by atoms with Gasteiger partial charge in [0, 0.05) is 26.2 Å². The Bertz CT molecular complexity index is 266. The van der Waals surface area contributed by atoms with Gasteiger partial charge in [0.05, 0.1) is 5.60 Å². The molecule has 0 atom stereocenters. The van der Waals surface area contributed by atoms with Crippen LogP contribution in [0, 0.1) is 0 Å². The van der Waals surface area contributed by atoms with Gasteiger partial charge >= 0.3 is 0 Å². The summed E-state index contributed by atoms with van der Waals surface area (Å²) in [5.74, 6) is -1.72. The second kappa shape index (κ2) is 5.97. The molecular formula is C11H18O4Zr. The third-order valence-corrected chi connectivity index (χ3v) is 1.95. The van der Waals surface area contributed by atoms with E-state index in [0.29, 0.717) is 0 Å². The molecule has 90 valence electrons. The van der Waals surface area contributed by atoms with Gasteiger partial charge in [-0.1, -0.05) is 0 Å². The molecular weight excluding hydrogens is 287 g/mol. The minimum Gasteiger partial charge on any atom is -0.347 e. The van der Waals surface area contributed by atoms with E-state index in [0.717, 1.165) is 0 Å². The summed E-state index contributed by atoms with van der Waals surface area (Å²) in [7, 11) is 0. The molecule has 0 aromatic heterocycles. The monoisotopic (exact) mass is 304 g/mol. The van der Waals surface area contributed by atoms with Gasteiger partial charge in [-0.15, -0.1) is 0 Å². The van der Waals surface area contributed by atoms with Crippen LogP contribution >= 0.6 is 0 Å².